The predicted molar refractivity (Wildman–Crippen MR) is 57.8 cm³/mol. The summed E-state index contributed by atoms with van der Waals surface area (Å²) >= 11 is 0. The van der Waals surface area contributed by atoms with Crippen LogP contribution in [-0.4, -0.2) is 15.3 Å². The lowest BCUT2D eigenvalue weighted by Crippen LogP contribution is -1.73. The van der Waals surface area contributed by atoms with Crippen molar-refractivity contribution in [3.05, 3.63) is 42.6 Å². The maximum atomic E-state index is 9.40. The van der Waals surface area contributed by atoms with E-state index in [1.165, 1.54) is 0 Å². The Balaban J connectivity index is 2.51. The fourth-order valence-corrected chi connectivity index (χ4v) is 1.78. The van der Waals surface area contributed by atoms with Crippen LogP contribution in [0.15, 0.2) is 42.6 Å². The first-order valence-corrected chi connectivity index (χ1v) is 4.68. The van der Waals surface area contributed by atoms with E-state index in [0.29, 0.717) is 0 Å². The fourth-order valence-electron chi connectivity index (χ4n) is 1.78. The zero-order valence-electron chi connectivity index (χ0n) is 7.88. The van der Waals surface area contributed by atoms with Gasteiger partial charge in [-0.1, -0.05) is 12.1 Å². The first-order valence-electron chi connectivity index (χ1n) is 4.68. The molecule has 3 heteroatoms. The van der Waals surface area contributed by atoms with Crippen LogP contribution in [0.4, 0.5) is 0 Å². The number of hydrogen-bond acceptors (Lipinski definition) is 3. The van der Waals surface area contributed by atoms with E-state index >= 15 is 0 Å². The maximum Gasteiger partial charge on any atom is 0.116 e. The zero-order valence-corrected chi connectivity index (χ0v) is 7.88. The van der Waals surface area contributed by atoms with Crippen LogP contribution in [0.1, 0.15) is 0 Å². The van der Waals surface area contributed by atoms with Crippen molar-refractivity contribution in [3.63, 3.8) is 0 Å². The molecule has 1 aliphatic carbocycles. The first kappa shape index (κ1) is 8.17. The number of nitrogens with zero attached hydrogens (tertiary/aromatic N) is 2. The third kappa shape index (κ3) is 1.21. The molecule has 1 aromatic carbocycles. The Hall–Kier alpha value is -2.16. The lowest BCUT2D eigenvalue weighted by molar-refractivity contribution is 0.476. The second-order valence-corrected chi connectivity index (χ2v) is 3.44. The molecule has 15 heavy (non-hydrogen) atoms. The Kier molecular flexibility index (Phi) is 1.59. The third-order valence-corrected chi connectivity index (χ3v) is 2.48. The van der Waals surface area contributed by atoms with Gasteiger partial charge in [0, 0.05) is 5.56 Å². The largest absolute Gasteiger partial charge is 0.508 e. The maximum absolute atomic E-state index is 9.40. The molecule has 0 amide bonds. The molecule has 3 nitrogen and oxygen atoms in total. The van der Waals surface area contributed by atoms with Gasteiger partial charge in [-0.2, -0.15) is 10.2 Å². The zero-order chi connectivity index (χ0) is 10.3. The van der Waals surface area contributed by atoms with E-state index in [1.807, 2.05) is 24.3 Å². The smallest absolute Gasteiger partial charge is 0.116 e. The Labute approximate surface area is 86.4 Å². The Morgan fingerprint density at radius 3 is 2.93 bits per heavy atom. The van der Waals surface area contributed by atoms with Crippen LogP contribution < -0.4 is 0 Å². The number of benzene rings is 1. The van der Waals surface area contributed by atoms with Crippen molar-refractivity contribution in [1.29, 1.82) is 0 Å². The molecule has 0 saturated carbocycles. The van der Waals surface area contributed by atoms with Gasteiger partial charge in [0.05, 0.1) is 11.9 Å². The van der Waals surface area contributed by atoms with Crippen molar-refractivity contribution in [2.75, 3.05) is 0 Å². The SMILES string of the molecule is Oc1ccc2c3cnnc-3cccc2c1. The standard InChI is InChI=1S/C12H8N2O/c15-9-4-5-10-8(6-9)2-1-3-12-11(10)7-13-14-12/h1-7,15H. The van der Waals surface area contributed by atoms with Crippen molar-refractivity contribution < 1.29 is 5.11 Å². The summed E-state index contributed by atoms with van der Waals surface area (Å²) in [5, 5.41) is 19.4. The molecule has 0 radical (unpaired) electrons. The van der Waals surface area contributed by atoms with Crippen LogP contribution in [0.5, 0.6) is 5.75 Å². The molecule has 3 rings (SSSR count). The summed E-state index contributed by atoms with van der Waals surface area (Å²) in [6.07, 6.45) is 1.74. The van der Waals surface area contributed by atoms with Crippen molar-refractivity contribution in [2.45, 2.75) is 0 Å². The Morgan fingerprint density at radius 2 is 2.00 bits per heavy atom. The van der Waals surface area contributed by atoms with Crippen molar-refractivity contribution in [1.82, 2.24) is 10.2 Å². The highest BCUT2D eigenvalue weighted by Gasteiger charge is 2.07. The van der Waals surface area contributed by atoms with Crippen LogP contribution in [0.25, 0.3) is 22.0 Å². The topological polar surface area (TPSA) is 46.0 Å². The summed E-state index contributed by atoms with van der Waals surface area (Å²) in [6, 6.07) is 11.1. The van der Waals surface area contributed by atoms with E-state index in [-0.39, 0.29) is 5.75 Å². The molecule has 2 aliphatic rings. The van der Waals surface area contributed by atoms with Gasteiger partial charge in [-0.3, -0.25) is 0 Å². The molecule has 1 heterocycles. The van der Waals surface area contributed by atoms with E-state index in [0.717, 1.165) is 22.0 Å². The minimum absolute atomic E-state index is 0.273. The average Bonchev–Trinajstić information content (AvgIpc) is 2.61. The van der Waals surface area contributed by atoms with E-state index in [1.54, 1.807) is 18.3 Å². The quantitative estimate of drug-likeness (QED) is 0.600. The highest BCUT2D eigenvalue weighted by atomic mass is 16.3. The van der Waals surface area contributed by atoms with Crippen LogP contribution in [-0.2, 0) is 0 Å². The van der Waals surface area contributed by atoms with E-state index < -0.39 is 0 Å². The van der Waals surface area contributed by atoms with Gasteiger partial charge in [0.15, 0.2) is 0 Å². The average molecular weight is 196 g/mol. The minimum Gasteiger partial charge on any atom is -0.508 e. The van der Waals surface area contributed by atoms with Crippen LogP contribution in [0.2, 0.25) is 0 Å². The number of fused-ring (bicyclic) bond motifs is 3. The van der Waals surface area contributed by atoms with Gasteiger partial charge in [0.2, 0.25) is 0 Å². The summed E-state index contributed by atoms with van der Waals surface area (Å²) in [6.45, 7) is 0. The van der Waals surface area contributed by atoms with Gasteiger partial charge in [0.25, 0.3) is 0 Å². The molecular weight excluding hydrogens is 188 g/mol. The van der Waals surface area contributed by atoms with Gasteiger partial charge in [-0.15, -0.1) is 0 Å². The number of rotatable bonds is 0. The number of aromatic nitrogens is 2. The van der Waals surface area contributed by atoms with Gasteiger partial charge < -0.3 is 5.11 Å². The van der Waals surface area contributed by atoms with E-state index in [9.17, 15) is 5.11 Å². The van der Waals surface area contributed by atoms with Gasteiger partial charge in [-0.05, 0) is 35.0 Å². The Morgan fingerprint density at radius 1 is 1.07 bits per heavy atom. The fraction of sp³-hybridized carbons (Fsp3) is 0. The summed E-state index contributed by atoms with van der Waals surface area (Å²) in [4.78, 5) is 0. The van der Waals surface area contributed by atoms with E-state index in [4.69, 9.17) is 0 Å². The molecular formula is C12H8N2O. The van der Waals surface area contributed by atoms with Gasteiger partial charge in [-0.25, -0.2) is 0 Å². The Bertz CT molecular complexity index is 607. The first-order chi connectivity index (χ1) is 7.34. The van der Waals surface area contributed by atoms with Gasteiger partial charge >= 0.3 is 0 Å². The second-order valence-electron chi connectivity index (χ2n) is 3.44. The summed E-state index contributed by atoms with van der Waals surface area (Å²) in [5.74, 6) is 0.273. The molecule has 1 aromatic rings. The second kappa shape index (κ2) is 2.92. The molecule has 0 fully saturated rings. The third-order valence-electron chi connectivity index (χ3n) is 2.48. The van der Waals surface area contributed by atoms with Crippen molar-refractivity contribution in [3.8, 4) is 17.0 Å². The van der Waals surface area contributed by atoms with Gasteiger partial charge in [0.1, 0.15) is 5.75 Å². The molecule has 1 aliphatic heterocycles. The summed E-state index contributed by atoms with van der Waals surface area (Å²) in [5.41, 5.74) is 1.88. The molecule has 0 aromatic heterocycles. The predicted octanol–water partition coefficient (Wildman–Crippen LogP) is 2.44. The lowest BCUT2D eigenvalue weighted by atomic mass is 10.1. The molecule has 72 valence electrons. The highest BCUT2D eigenvalue weighted by Crippen LogP contribution is 2.29. The summed E-state index contributed by atoms with van der Waals surface area (Å²) < 4.78 is 0. The van der Waals surface area contributed by atoms with E-state index in [2.05, 4.69) is 10.2 Å². The minimum atomic E-state index is 0.273. The number of phenolic OH excluding ortho intramolecular Hbond substituents is 1. The van der Waals surface area contributed by atoms with Crippen molar-refractivity contribution in [2.24, 2.45) is 0 Å². The number of phenols is 1. The van der Waals surface area contributed by atoms with Crippen molar-refractivity contribution >= 4 is 10.8 Å². The van der Waals surface area contributed by atoms with Crippen LogP contribution in [0.3, 0.4) is 0 Å². The number of aromatic hydroxyl groups is 1. The molecule has 0 atom stereocenters. The molecule has 0 saturated heterocycles. The highest BCUT2D eigenvalue weighted by molar-refractivity contribution is 5.95. The number of hydrogen-bond donors (Lipinski definition) is 1. The molecule has 1 N–H and O–H groups in total. The van der Waals surface area contributed by atoms with Crippen LogP contribution in [0, 0.1) is 0 Å². The molecule has 0 bridgehead atoms. The lowest BCUT2D eigenvalue weighted by Gasteiger charge is -1.97. The monoisotopic (exact) mass is 196 g/mol. The van der Waals surface area contributed by atoms with Crippen LogP contribution >= 0.6 is 0 Å². The summed E-state index contributed by atoms with van der Waals surface area (Å²) in [7, 11) is 0. The molecule has 0 unspecified atom stereocenters. The normalized spacial score (nSPS) is 10.9. The molecule has 0 spiro atoms.